The average molecular weight is 482 g/mol. The molecule has 3 heteroatoms. The summed E-state index contributed by atoms with van der Waals surface area (Å²) in [5.41, 5.74) is 6.43. The summed E-state index contributed by atoms with van der Waals surface area (Å²) in [6.45, 7) is 0. The second-order valence-electron chi connectivity index (χ2n) is 8.93. The average Bonchev–Trinajstić information content (AvgIpc) is 3.58. The fourth-order valence-corrected chi connectivity index (χ4v) is 8.09. The fraction of sp³-hybridized carbons (Fsp3) is 0. The van der Waals surface area contributed by atoms with Crippen molar-refractivity contribution in [3.63, 3.8) is 0 Å². The Labute approximate surface area is 210 Å². The molecule has 8 aromatic rings. The highest BCUT2D eigenvalue weighted by molar-refractivity contribution is 7.28. The molecule has 0 spiro atoms. The third kappa shape index (κ3) is 2.68. The number of hydrogen-bond acceptors (Lipinski definition) is 2. The van der Waals surface area contributed by atoms with Gasteiger partial charge in [0, 0.05) is 52.5 Å². The highest BCUT2D eigenvalue weighted by atomic mass is 32.1. The van der Waals surface area contributed by atoms with E-state index in [1.165, 1.54) is 68.2 Å². The summed E-state index contributed by atoms with van der Waals surface area (Å²) in [4.78, 5) is 0. The SMILES string of the molecule is c1ccc(-n2c3ccccc3c3sc4c(-c5cccc6c5sc5ccccc56)cccc4c32)cc1. The lowest BCUT2D eigenvalue weighted by molar-refractivity contribution is 1.19. The fourth-order valence-electron chi connectivity index (χ4n) is 5.51. The van der Waals surface area contributed by atoms with Gasteiger partial charge in [-0.05, 0) is 24.3 Å². The summed E-state index contributed by atoms with van der Waals surface area (Å²) in [5.74, 6) is 0. The first-order valence-corrected chi connectivity index (χ1v) is 13.4. The summed E-state index contributed by atoms with van der Waals surface area (Å²) < 4.78 is 7.87. The molecule has 0 bridgehead atoms. The van der Waals surface area contributed by atoms with Crippen LogP contribution in [0.2, 0.25) is 0 Å². The molecule has 0 N–H and O–H groups in total. The molecule has 0 radical (unpaired) electrons. The number of fused-ring (bicyclic) bond motifs is 8. The molecule has 0 amide bonds. The molecule has 0 fully saturated rings. The predicted molar refractivity (Wildman–Crippen MR) is 154 cm³/mol. The van der Waals surface area contributed by atoms with Crippen molar-refractivity contribution < 1.29 is 0 Å². The second kappa shape index (κ2) is 7.29. The van der Waals surface area contributed by atoms with Crippen molar-refractivity contribution >= 4 is 74.1 Å². The molecule has 0 aliphatic rings. The van der Waals surface area contributed by atoms with Gasteiger partial charge >= 0.3 is 0 Å². The first kappa shape index (κ1) is 19.4. The van der Waals surface area contributed by atoms with Crippen molar-refractivity contribution in [3.8, 4) is 16.8 Å². The third-order valence-electron chi connectivity index (χ3n) is 7.01. The van der Waals surface area contributed by atoms with Crippen LogP contribution >= 0.6 is 22.7 Å². The standard InChI is InChI=1S/C32H19NS2/c1-2-10-20(11-3-1)33-27-18-6-4-13-25(27)32-29(33)26-17-9-16-24(31(26)35-32)23-15-8-14-22-21-12-5-7-19-28(21)34-30(22)23/h1-19H. The lowest BCUT2D eigenvalue weighted by atomic mass is 10.0. The summed E-state index contributed by atoms with van der Waals surface area (Å²) >= 11 is 3.83. The lowest BCUT2D eigenvalue weighted by Crippen LogP contribution is -1.92. The van der Waals surface area contributed by atoms with Crippen molar-refractivity contribution in [3.05, 3.63) is 115 Å². The Kier molecular flexibility index (Phi) is 4.04. The third-order valence-corrected chi connectivity index (χ3v) is 9.49. The van der Waals surface area contributed by atoms with Gasteiger partial charge in [-0.25, -0.2) is 0 Å². The molecule has 5 aromatic carbocycles. The van der Waals surface area contributed by atoms with Crippen LogP contribution in [0.4, 0.5) is 0 Å². The van der Waals surface area contributed by atoms with Crippen molar-refractivity contribution in [2.45, 2.75) is 0 Å². The molecule has 1 nitrogen and oxygen atoms in total. The topological polar surface area (TPSA) is 4.93 Å². The molecule has 35 heavy (non-hydrogen) atoms. The van der Waals surface area contributed by atoms with Gasteiger partial charge in [0.25, 0.3) is 0 Å². The number of thiophene rings is 2. The Morgan fingerprint density at radius 2 is 1.06 bits per heavy atom. The van der Waals surface area contributed by atoms with Crippen molar-refractivity contribution in [2.24, 2.45) is 0 Å². The van der Waals surface area contributed by atoms with Gasteiger partial charge in [-0.2, -0.15) is 0 Å². The van der Waals surface area contributed by atoms with Gasteiger partial charge in [-0.1, -0.05) is 91.0 Å². The van der Waals surface area contributed by atoms with Crippen molar-refractivity contribution in [1.82, 2.24) is 4.57 Å². The van der Waals surface area contributed by atoms with E-state index in [9.17, 15) is 0 Å². The highest BCUT2D eigenvalue weighted by Crippen LogP contribution is 2.47. The number of aromatic nitrogens is 1. The van der Waals surface area contributed by atoms with Gasteiger partial charge in [0.1, 0.15) is 0 Å². The van der Waals surface area contributed by atoms with E-state index in [1.54, 1.807) is 0 Å². The minimum Gasteiger partial charge on any atom is -0.308 e. The largest absolute Gasteiger partial charge is 0.308 e. The van der Waals surface area contributed by atoms with Crippen LogP contribution in [0.1, 0.15) is 0 Å². The van der Waals surface area contributed by atoms with Gasteiger partial charge in [0.2, 0.25) is 0 Å². The van der Waals surface area contributed by atoms with Crippen LogP contribution in [0.3, 0.4) is 0 Å². The van der Waals surface area contributed by atoms with E-state index in [1.807, 2.05) is 22.7 Å². The number of hydrogen-bond donors (Lipinski definition) is 0. The zero-order chi connectivity index (χ0) is 22.9. The maximum absolute atomic E-state index is 2.44. The summed E-state index contributed by atoms with van der Waals surface area (Å²) in [7, 11) is 0. The van der Waals surface area contributed by atoms with Crippen molar-refractivity contribution in [1.29, 1.82) is 0 Å². The molecule has 0 saturated carbocycles. The van der Waals surface area contributed by atoms with Crippen LogP contribution in [0.5, 0.6) is 0 Å². The monoisotopic (exact) mass is 481 g/mol. The van der Waals surface area contributed by atoms with Crippen molar-refractivity contribution in [2.75, 3.05) is 0 Å². The number of benzene rings is 5. The normalized spacial score (nSPS) is 12.0. The Hall–Kier alpha value is -3.92. The lowest BCUT2D eigenvalue weighted by Gasteiger charge is -2.09. The maximum atomic E-state index is 2.44. The van der Waals surface area contributed by atoms with Gasteiger partial charge in [0.15, 0.2) is 0 Å². The van der Waals surface area contributed by atoms with Crippen LogP contribution in [-0.2, 0) is 0 Å². The molecule has 0 unspecified atom stereocenters. The first-order valence-electron chi connectivity index (χ1n) is 11.8. The van der Waals surface area contributed by atoms with Gasteiger partial charge in [-0.15, -0.1) is 22.7 Å². The van der Waals surface area contributed by atoms with Gasteiger partial charge in [-0.3, -0.25) is 0 Å². The van der Waals surface area contributed by atoms with E-state index in [4.69, 9.17) is 0 Å². The molecule has 0 aliphatic carbocycles. The van der Waals surface area contributed by atoms with E-state index in [0.29, 0.717) is 0 Å². The summed E-state index contributed by atoms with van der Waals surface area (Å²) in [6.07, 6.45) is 0. The zero-order valence-electron chi connectivity index (χ0n) is 18.7. The molecule has 0 atom stereocenters. The number of nitrogens with zero attached hydrogens (tertiary/aromatic N) is 1. The Morgan fingerprint density at radius 1 is 0.429 bits per heavy atom. The Balaban J connectivity index is 1.51. The van der Waals surface area contributed by atoms with Gasteiger partial charge < -0.3 is 4.57 Å². The first-order chi connectivity index (χ1) is 17.4. The number of para-hydroxylation sites is 2. The molecule has 8 rings (SSSR count). The van der Waals surface area contributed by atoms with Crippen LogP contribution in [0, 0.1) is 0 Å². The molecule has 3 heterocycles. The zero-order valence-corrected chi connectivity index (χ0v) is 20.4. The van der Waals surface area contributed by atoms with E-state index < -0.39 is 0 Å². The van der Waals surface area contributed by atoms with E-state index in [0.717, 1.165) is 0 Å². The Morgan fingerprint density at radius 3 is 1.89 bits per heavy atom. The van der Waals surface area contributed by atoms with E-state index >= 15 is 0 Å². The minimum absolute atomic E-state index is 1.20. The molecule has 0 saturated heterocycles. The minimum atomic E-state index is 1.20. The highest BCUT2D eigenvalue weighted by Gasteiger charge is 2.20. The van der Waals surface area contributed by atoms with Crippen LogP contribution in [0.25, 0.3) is 68.2 Å². The quantitative estimate of drug-likeness (QED) is 0.231. The molecule has 0 aliphatic heterocycles. The second-order valence-corrected chi connectivity index (χ2v) is 11.0. The summed E-state index contributed by atoms with van der Waals surface area (Å²) in [6, 6.07) is 41.9. The molecule has 164 valence electrons. The summed E-state index contributed by atoms with van der Waals surface area (Å²) in [5, 5.41) is 5.33. The Bertz CT molecular complexity index is 2050. The van der Waals surface area contributed by atoms with E-state index in [2.05, 4.69) is 120 Å². The molecular weight excluding hydrogens is 462 g/mol. The molecular formula is C32H19NS2. The predicted octanol–water partition coefficient (Wildman–Crippen LogP) is 10.0. The smallest absolute Gasteiger partial charge is 0.0727 e. The van der Waals surface area contributed by atoms with Crippen LogP contribution in [-0.4, -0.2) is 4.57 Å². The number of rotatable bonds is 2. The molecule has 3 aromatic heterocycles. The maximum Gasteiger partial charge on any atom is 0.0727 e. The van der Waals surface area contributed by atoms with E-state index in [-0.39, 0.29) is 0 Å². The van der Waals surface area contributed by atoms with Crippen LogP contribution < -0.4 is 0 Å². The van der Waals surface area contributed by atoms with Gasteiger partial charge in [0.05, 0.1) is 15.7 Å². The van der Waals surface area contributed by atoms with Crippen LogP contribution in [0.15, 0.2) is 115 Å².